The number of thioether (sulfide) groups is 1. The topological polar surface area (TPSA) is 70.1 Å². The predicted octanol–water partition coefficient (Wildman–Crippen LogP) is 3.50. The Morgan fingerprint density at radius 1 is 1.07 bits per heavy atom. The molecule has 0 saturated carbocycles. The van der Waals surface area contributed by atoms with E-state index in [-0.39, 0.29) is 5.75 Å². The van der Waals surface area contributed by atoms with Gasteiger partial charge in [0.25, 0.3) is 0 Å². The lowest BCUT2D eigenvalue weighted by Crippen LogP contribution is -2.17. The van der Waals surface area contributed by atoms with Crippen molar-refractivity contribution in [2.75, 3.05) is 0 Å². The summed E-state index contributed by atoms with van der Waals surface area (Å²) >= 11 is 1.37. The molecule has 0 saturated heterocycles. The maximum atomic E-state index is 12.2. The number of rotatable bonds is 5. The van der Waals surface area contributed by atoms with Gasteiger partial charge in [0, 0.05) is 18.1 Å². The van der Waals surface area contributed by atoms with Gasteiger partial charge in [-0.3, -0.25) is 0 Å². The van der Waals surface area contributed by atoms with E-state index in [0.29, 0.717) is 16.6 Å². The molecule has 3 aromatic heterocycles. The van der Waals surface area contributed by atoms with Crippen LogP contribution < -0.4 is 4.74 Å². The van der Waals surface area contributed by atoms with E-state index in [1.165, 1.54) is 40.7 Å². The molecule has 0 fully saturated rings. The second-order valence-electron chi connectivity index (χ2n) is 5.40. The van der Waals surface area contributed by atoms with Gasteiger partial charge >= 0.3 is 6.36 Å². The summed E-state index contributed by atoms with van der Waals surface area (Å²) in [5, 5.41) is 12.0. The van der Waals surface area contributed by atoms with Crippen molar-refractivity contribution in [1.29, 1.82) is 0 Å². The lowest BCUT2D eigenvalue weighted by atomic mass is 10.3. The number of alkyl halides is 3. The standard InChI is InChI=1S/C16H11F3N6OS/c17-16(18,19)26-13-6-4-12(5-7-13)25-15(21-22-23-25)27-10-11-9-24-8-2-1-3-14(24)20-11/h1-9H,10H2. The summed E-state index contributed by atoms with van der Waals surface area (Å²) in [5.41, 5.74) is 2.22. The van der Waals surface area contributed by atoms with Crippen LogP contribution in [0.2, 0.25) is 0 Å². The van der Waals surface area contributed by atoms with Crippen LogP contribution in [0, 0.1) is 0 Å². The van der Waals surface area contributed by atoms with E-state index in [2.05, 4.69) is 25.2 Å². The monoisotopic (exact) mass is 392 g/mol. The number of aromatic nitrogens is 6. The average Bonchev–Trinajstić information content (AvgIpc) is 3.25. The van der Waals surface area contributed by atoms with Gasteiger partial charge in [-0.05, 0) is 46.8 Å². The van der Waals surface area contributed by atoms with Gasteiger partial charge in [-0.15, -0.1) is 18.3 Å². The van der Waals surface area contributed by atoms with Crippen molar-refractivity contribution in [2.45, 2.75) is 17.3 Å². The number of pyridine rings is 1. The molecule has 0 radical (unpaired) electrons. The lowest BCUT2D eigenvalue weighted by molar-refractivity contribution is -0.274. The van der Waals surface area contributed by atoms with E-state index in [9.17, 15) is 13.2 Å². The number of imidazole rings is 1. The molecule has 0 unspecified atom stereocenters. The first-order valence-corrected chi connectivity index (χ1v) is 8.66. The van der Waals surface area contributed by atoms with Crippen LogP contribution in [-0.2, 0) is 5.75 Å². The molecule has 4 aromatic rings. The van der Waals surface area contributed by atoms with Crippen molar-refractivity contribution >= 4 is 17.4 Å². The molecule has 0 amide bonds. The Kier molecular flexibility index (Phi) is 4.44. The third kappa shape index (κ3) is 4.03. The smallest absolute Gasteiger partial charge is 0.406 e. The summed E-state index contributed by atoms with van der Waals surface area (Å²) in [6.45, 7) is 0. The molecule has 0 bridgehead atoms. The SMILES string of the molecule is FC(F)(F)Oc1ccc(-n2nnnc2SCc2cn3ccccc3n2)cc1. The molecule has 4 rings (SSSR count). The third-order valence-corrected chi connectivity index (χ3v) is 4.47. The second-order valence-corrected chi connectivity index (χ2v) is 6.34. The van der Waals surface area contributed by atoms with E-state index >= 15 is 0 Å². The first-order chi connectivity index (χ1) is 13.0. The molecule has 138 valence electrons. The molecule has 0 aliphatic rings. The number of tetrazole rings is 1. The van der Waals surface area contributed by atoms with Crippen LogP contribution in [0.15, 0.2) is 60.0 Å². The van der Waals surface area contributed by atoms with Gasteiger partial charge in [0.2, 0.25) is 5.16 Å². The van der Waals surface area contributed by atoms with Crippen LogP contribution in [0.1, 0.15) is 5.69 Å². The predicted molar refractivity (Wildman–Crippen MR) is 90.6 cm³/mol. The lowest BCUT2D eigenvalue weighted by Gasteiger charge is -2.09. The Labute approximate surface area is 154 Å². The van der Waals surface area contributed by atoms with Crippen molar-refractivity contribution in [3.05, 3.63) is 60.6 Å². The first kappa shape index (κ1) is 17.3. The van der Waals surface area contributed by atoms with E-state index in [1.54, 1.807) is 0 Å². The molecule has 0 atom stereocenters. The Morgan fingerprint density at radius 3 is 2.63 bits per heavy atom. The van der Waals surface area contributed by atoms with Crippen molar-refractivity contribution in [2.24, 2.45) is 0 Å². The molecule has 0 aliphatic carbocycles. The first-order valence-electron chi connectivity index (χ1n) is 7.68. The molecule has 1 aromatic carbocycles. The number of benzene rings is 1. The van der Waals surface area contributed by atoms with Crippen LogP contribution in [0.4, 0.5) is 13.2 Å². The highest BCUT2D eigenvalue weighted by Gasteiger charge is 2.31. The van der Waals surface area contributed by atoms with Gasteiger partial charge in [0.15, 0.2) is 0 Å². The Morgan fingerprint density at radius 2 is 1.89 bits per heavy atom. The Balaban J connectivity index is 1.49. The van der Waals surface area contributed by atoms with Gasteiger partial charge in [0.05, 0.1) is 11.4 Å². The summed E-state index contributed by atoms with van der Waals surface area (Å²) in [6.07, 6.45) is -0.906. The van der Waals surface area contributed by atoms with Gasteiger partial charge in [-0.2, -0.15) is 4.68 Å². The fraction of sp³-hybridized carbons (Fsp3) is 0.125. The number of hydrogen-bond donors (Lipinski definition) is 0. The number of ether oxygens (including phenoxy) is 1. The zero-order valence-corrected chi connectivity index (χ0v) is 14.4. The molecule has 0 N–H and O–H groups in total. The molecule has 0 spiro atoms. The molecule has 11 heteroatoms. The number of nitrogens with zero attached hydrogens (tertiary/aromatic N) is 6. The zero-order valence-electron chi connectivity index (χ0n) is 13.5. The van der Waals surface area contributed by atoms with Crippen molar-refractivity contribution in [1.82, 2.24) is 29.6 Å². The van der Waals surface area contributed by atoms with Crippen LogP contribution in [0.3, 0.4) is 0 Å². The largest absolute Gasteiger partial charge is 0.573 e. The van der Waals surface area contributed by atoms with Crippen LogP contribution in [-0.4, -0.2) is 36.0 Å². The number of halogens is 3. The molecular weight excluding hydrogens is 381 g/mol. The molecule has 3 heterocycles. The fourth-order valence-electron chi connectivity index (χ4n) is 2.42. The van der Waals surface area contributed by atoms with E-state index in [4.69, 9.17) is 0 Å². The average molecular weight is 392 g/mol. The van der Waals surface area contributed by atoms with Gasteiger partial charge in [0.1, 0.15) is 11.4 Å². The number of fused-ring (bicyclic) bond motifs is 1. The van der Waals surface area contributed by atoms with E-state index in [0.717, 1.165) is 11.3 Å². The van der Waals surface area contributed by atoms with Gasteiger partial charge < -0.3 is 9.14 Å². The third-order valence-electron chi connectivity index (χ3n) is 3.52. The molecule has 27 heavy (non-hydrogen) atoms. The zero-order chi connectivity index (χ0) is 18.9. The highest BCUT2D eigenvalue weighted by molar-refractivity contribution is 7.98. The summed E-state index contributed by atoms with van der Waals surface area (Å²) in [5.74, 6) is 0.232. The Hall–Kier alpha value is -3.08. The fourth-order valence-corrected chi connectivity index (χ4v) is 3.19. The minimum Gasteiger partial charge on any atom is -0.406 e. The van der Waals surface area contributed by atoms with Crippen molar-refractivity contribution in [3.8, 4) is 11.4 Å². The second kappa shape index (κ2) is 6.91. The molecular formula is C16H11F3N6OS. The molecule has 7 nitrogen and oxygen atoms in total. The highest BCUT2D eigenvalue weighted by atomic mass is 32.2. The van der Waals surface area contributed by atoms with Gasteiger partial charge in [-0.25, -0.2) is 4.98 Å². The normalized spacial score (nSPS) is 11.8. The van der Waals surface area contributed by atoms with Gasteiger partial charge in [-0.1, -0.05) is 17.8 Å². The number of hydrogen-bond acceptors (Lipinski definition) is 6. The minimum absolute atomic E-state index is 0.307. The maximum Gasteiger partial charge on any atom is 0.573 e. The summed E-state index contributed by atoms with van der Waals surface area (Å²) < 4.78 is 44.0. The van der Waals surface area contributed by atoms with Crippen molar-refractivity contribution in [3.63, 3.8) is 0 Å². The summed E-state index contributed by atoms with van der Waals surface area (Å²) in [7, 11) is 0. The van der Waals surface area contributed by atoms with Crippen LogP contribution >= 0.6 is 11.8 Å². The van der Waals surface area contributed by atoms with E-state index in [1.807, 2.05) is 35.0 Å². The summed E-state index contributed by atoms with van der Waals surface area (Å²) in [6, 6.07) is 11.0. The Bertz CT molecular complexity index is 1030. The van der Waals surface area contributed by atoms with Crippen LogP contribution in [0.25, 0.3) is 11.3 Å². The van der Waals surface area contributed by atoms with Crippen LogP contribution in [0.5, 0.6) is 5.75 Å². The maximum absolute atomic E-state index is 12.2. The van der Waals surface area contributed by atoms with E-state index < -0.39 is 6.36 Å². The highest BCUT2D eigenvalue weighted by Crippen LogP contribution is 2.26. The minimum atomic E-state index is -4.73. The van der Waals surface area contributed by atoms with Crippen molar-refractivity contribution < 1.29 is 17.9 Å². The quantitative estimate of drug-likeness (QED) is 0.484. The summed E-state index contributed by atoms with van der Waals surface area (Å²) in [4.78, 5) is 4.50. The molecule has 0 aliphatic heterocycles.